The van der Waals surface area contributed by atoms with Gasteiger partial charge in [-0.2, -0.15) is 5.10 Å². The standard InChI is InChI=1S/C13H11Cl2F2N3O/c1-7-5-10(13(16)17)20(19-7)6-11(21)18-12-8(14)3-2-4-9(12)15/h2-5,13H,6H2,1H3,(H,18,21). The number of halogens is 4. The molecule has 0 radical (unpaired) electrons. The molecule has 8 heteroatoms. The van der Waals surface area contributed by atoms with Crippen LogP contribution in [0.4, 0.5) is 14.5 Å². The summed E-state index contributed by atoms with van der Waals surface area (Å²) < 4.78 is 26.6. The van der Waals surface area contributed by atoms with Crippen LogP contribution >= 0.6 is 23.2 Å². The Hall–Kier alpha value is -1.66. The molecule has 1 N–H and O–H groups in total. The quantitative estimate of drug-likeness (QED) is 0.916. The van der Waals surface area contributed by atoms with Crippen molar-refractivity contribution in [3.05, 3.63) is 45.7 Å². The first-order valence-electron chi connectivity index (χ1n) is 5.95. The van der Waals surface area contributed by atoms with Gasteiger partial charge in [-0.05, 0) is 25.1 Å². The highest BCUT2D eigenvalue weighted by Gasteiger charge is 2.18. The van der Waals surface area contributed by atoms with E-state index in [-0.39, 0.29) is 28.0 Å². The van der Waals surface area contributed by atoms with Crippen molar-refractivity contribution in [1.29, 1.82) is 0 Å². The summed E-state index contributed by atoms with van der Waals surface area (Å²) in [5.74, 6) is -0.546. The van der Waals surface area contributed by atoms with Crippen LogP contribution in [0.5, 0.6) is 0 Å². The van der Waals surface area contributed by atoms with Crippen molar-refractivity contribution >= 4 is 34.8 Å². The summed E-state index contributed by atoms with van der Waals surface area (Å²) in [6.07, 6.45) is -2.71. The third-order valence-electron chi connectivity index (χ3n) is 2.68. The summed E-state index contributed by atoms with van der Waals surface area (Å²) in [6.45, 7) is 1.22. The molecule has 1 aromatic carbocycles. The second-order valence-electron chi connectivity index (χ2n) is 4.31. The molecule has 0 aliphatic rings. The molecule has 4 nitrogen and oxygen atoms in total. The van der Waals surface area contributed by atoms with E-state index >= 15 is 0 Å². The molecule has 0 unspecified atom stereocenters. The first-order chi connectivity index (χ1) is 9.88. The van der Waals surface area contributed by atoms with E-state index in [2.05, 4.69) is 10.4 Å². The van der Waals surface area contributed by atoms with Crippen LogP contribution in [-0.2, 0) is 11.3 Å². The molecule has 0 spiro atoms. The van der Waals surface area contributed by atoms with E-state index in [1.54, 1.807) is 25.1 Å². The lowest BCUT2D eigenvalue weighted by Gasteiger charge is -2.10. The number of rotatable bonds is 4. The van der Waals surface area contributed by atoms with Gasteiger partial charge in [0.1, 0.15) is 12.2 Å². The van der Waals surface area contributed by atoms with E-state index in [1.807, 2.05) is 0 Å². The summed E-state index contributed by atoms with van der Waals surface area (Å²) in [6, 6.07) is 5.99. The molecule has 0 bridgehead atoms. The maximum absolute atomic E-state index is 12.8. The van der Waals surface area contributed by atoms with Crippen molar-refractivity contribution in [3.63, 3.8) is 0 Å². The smallest absolute Gasteiger partial charge is 0.280 e. The van der Waals surface area contributed by atoms with Crippen LogP contribution in [0.1, 0.15) is 17.8 Å². The van der Waals surface area contributed by atoms with Gasteiger partial charge in [0.05, 0.1) is 21.4 Å². The van der Waals surface area contributed by atoms with Gasteiger partial charge < -0.3 is 5.32 Å². The van der Waals surface area contributed by atoms with Crippen LogP contribution in [0.25, 0.3) is 0 Å². The van der Waals surface area contributed by atoms with Gasteiger partial charge in [0.2, 0.25) is 5.91 Å². The van der Waals surface area contributed by atoms with Crippen LogP contribution < -0.4 is 5.32 Å². The van der Waals surface area contributed by atoms with Gasteiger partial charge in [-0.25, -0.2) is 8.78 Å². The second-order valence-corrected chi connectivity index (χ2v) is 5.13. The number of anilines is 1. The Kier molecular flexibility index (Phi) is 4.80. The maximum Gasteiger partial charge on any atom is 0.280 e. The van der Waals surface area contributed by atoms with Crippen molar-refractivity contribution in [1.82, 2.24) is 9.78 Å². The molecule has 0 aliphatic carbocycles. The molecule has 0 saturated carbocycles. The number of nitrogens with one attached hydrogen (secondary N) is 1. The molecule has 2 aromatic rings. The molecule has 0 atom stereocenters. The van der Waals surface area contributed by atoms with Crippen molar-refractivity contribution in [2.75, 3.05) is 5.32 Å². The zero-order valence-electron chi connectivity index (χ0n) is 10.9. The molecule has 2 rings (SSSR count). The largest absolute Gasteiger partial charge is 0.322 e. The Bertz CT molecular complexity index is 653. The zero-order valence-corrected chi connectivity index (χ0v) is 12.4. The van der Waals surface area contributed by atoms with Gasteiger partial charge in [-0.15, -0.1) is 0 Å². The zero-order chi connectivity index (χ0) is 15.6. The van der Waals surface area contributed by atoms with E-state index in [0.29, 0.717) is 5.69 Å². The Morgan fingerprint density at radius 2 is 2.00 bits per heavy atom. The first kappa shape index (κ1) is 15.7. The van der Waals surface area contributed by atoms with Crippen molar-refractivity contribution in [2.45, 2.75) is 19.9 Å². The lowest BCUT2D eigenvalue weighted by molar-refractivity contribution is -0.117. The number of aryl methyl sites for hydroxylation is 1. The molecule has 0 aliphatic heterocycles. The number of para-hydroxylation sites is 1. The van der Waals surface area contributed by atoms with Crippen LogP contribution in [0.3, 0.4) is 0 Å². The average molecular weight is 334 g/mol. The predicted molar refractivity (Wildman–Crippen MR) is 77.0 cm³/mol. The van der Waals surface area contributed by atoms with E-state index in [0.717, 1.165) is 4.68 Å². The molecule has 1 heterocycles. The lowest BCUT2D eigenvalue weighted by Crippen LogP contribution is -2.21. The highest BCUT2D eigenvalue weighted by molar-refractivity contribution is 6.39. The van der Waals surface area contributed by atoms with Crippen LogP contribution in [0.2, 0.25) is 10.0 Å². The minimum Gasteiger partial charge on any atom is -0.322 e. The average Bonchev–Trinajstić information content (AvgIpc) is 2.75. The summed E-state index contributed by atoms with van der Waals surface area (Å²) >= 11 is 11.8. The lowest BCUT2D eigenvalue weighted by atomic mass is 10.3. The van der Waals surface area contributed by atoms with Crippen molar-refractivity contribution < 1.29 is 13.6 Å². The van der Waals surface area contributed by atoms with Gasteiger partial charge in [0, 0.05) is 0 Å². The molecule has 1 aromatic heterocycles. The molecule has 1 amide bonds. The summed E-state index contributed by atoms with van der Waals surface area (Å²) in [7, 11) is 0. The van der Waals surface area contributed by atoms with Gasteiger partial charge >= 0.3 is 0 Å². The maximum atomic E-state index is 12.8. The summed E-state index contributed by atoms with van der Waals surface area (Å²) in [5.41, 5.74) is 0.343. The van der Waals surface area contributed by atoms with E-state index < -0.39 is 12.3 Å². The van der Waals surface area contributed by atoms with Crippen LogP contribution in [0, 0.1) is 6.92 Å². The topological polar surface area (TPSA) is 46.9 Å². The first-order valence-corrected chi connectivity index (χ1v) is 6.70. The molecule has 0 fully saturated rings. The van der Waals surface area contributed by atoms with Gasteiger partial charge in [0.25, 0.3) is 6.43 Å². The summed E-state index contributed by atoms with van der Waals surface area (Å²) in [4.78, 5) is 11.9. The molecule has 112 valence electrons. The minimum absolute atomic E-state index is 0.244. The third-order valence-corrected chi connectivity index (χ3v) is 3.31. The SMILES string of the molecule is Cc1cc(C(F)F)n(CC(=O)Nc2c(Cl)cccc2Cl)n1. The Balaban J connectivity index is 2.16. The molecular formula is C13H11Cl2F2N3O. The fourth-order valence-electron chi connectivity index (χ4n) is 1.80. The number of benzene rings is 1. The minimum atomic E-state index is -2.71. The van der Waals surface area contributed by atoms with E-state index in [9.17, 15) is 13.6 Å². The monoisotopic (exact) mass is 333 g/mol. The number of hydrogen-bond donors (Lipinski definition) is 1. The van der Waals surface area contributed by atoms with Crippen LogP contribution in [0.15, 0.2) is 24.3 Å². The number of carbonyl (C=O) groups excluding carboxylic acids is 1. The Morgan fingerprint density at radius 1 is 1.38 bits per heavy atom. The van der Waals surface area contributed by atoms with E-state index in [1.165, 1.54) is 6.07 Å². The number of aromatic nitrogens is 2. The number of hydrogen-bond acceptors (Lipinski definition) is 2. The second kappa shape index (κ2) is 6.41. The number of nitrogens with zero attached hydrogens (tertiary/aromatic N) is 2. The third kappa shape index (κ3) is 3.71. The van der Waals surface area contributed by atoms with E-state index in [4.69, 9.17) is 23.2 Å². The highest BCUT2D eigenvalue weighted by atomic mass is 35.5. The number of amides is 1. The predicted octanol–water partition coefficient (Wildman–Crippen LogP) is 4.07. The van der Waals surface area contributed by atoms with Gasteiger partial charge in [-0.3, -0.25) is 9.48 Å². The number of alkyl halides is 2. The molecule has 0 saturated heterocycles. The summed E-state index contributed by atoms with van der Waals surface area (Å²) in [5, 5.41) is 6.89. The normalized spacial score (nSPS) is 11.0. The van der Waals surface area contributed by atoms with Crippen LogP contribution in [-0.4, -0.2) is 15.7 Å². The Labute approximate surface area is 129 Å². The molecular weight excluding hydrogens is 323 g/mol. The van der Waals surface area contributed by atoms with Crippen molar-refractivity contribution in [2.24, 2.45) is 0 Å². The Morgan fingerprint density at radius 3 is 2.57 bits per heavy atom. The highest BCUT2D eigenvalue weighted by Crippen LogP contribution is 2.29. The fourth-order valence-corrected chi connectivity index (χ4v) is 2.29. The fraction of sp³-hybridized carbons (Fsp3) is 0.231. The van der Waals surface area contributed by atoms with Gasteiger partial charge in [-0.1, -0.05) is 29.3 Å². The van der Waals surface area contributed by atoms with Crippen molar-refractivity contribution in [3.8, 4) is 0 Å². The molecule has 21 heavy (non-hydrogen) atoms. The van der Waals surface area contributed by atoms with Gasteiger partial charge in [0.15, 0.2) is 0 Å². The number of carbonyl (C=O) groups is 1.